The lowest BCUT2D eigenvalue weighted by molar-refractivity contribution is -0.146. The van der Waals surface area contributed by atoms with Gasteiger partial charge in [0.2, 0.25) is 5.91 Å². The van der Waals surface area contributed by atoms with Gasteiger partial charge >= 0.3 is 0 Å². The minimum Gasteiger partial charge on any atom is -0.380 e. The molecule has 0 aromatic rings. The number of halogens is 1. The Labute approximate surface area is 115 Å². The van der Waals surface area contributed by atoms with E-state index in [2.05, 4.69) is 6.92 Å². The third-order valence-electron chi connectivity index (χ3n) is 3.13. The van der Waals surface area contributed by atoms with Crippen molar-refractivity contribution in [2.75, 3.05) is 26.7 Å². The van der Waals surface area contributed by atoms with Crippen LogP contribution >= 0.6 is 12.4 Å². The topological polar surface area (TPSA) is 64.8 Å². The lowest BCUT2D eigenvalue weighted by Gasteiger charge is -2.37. The molecule has 0 bridgehead atoms. The van der Waals surface area contributed by atoms with Gasteiger partial charge in [0.1, 0.15) is 0 Å². The summed E-state index contributed by atoms with van der Waals surface area (Å²) in [6, 6.07) is 0. The second-order valence-corrected chi connectivity index (χ2v) is 4.57. The van der Waals surface area contributed by atoms with Crippen LogP contribution in [0.3, 0.4) is 0 Å². The number of nitrogens with two attached hydrogens (primary N) is 1. The number of morpholine rings is 1. The fraction of sp³-hybridized carbons (Fsp3) is 0.917. The van der Waals surface area contributed by atoms with E-state index in [4.69, 9.17) is 15.2 Å². The second-order valence-electron chi connectivity index (χ2n) is 4.57. The van der Waals surface area contributed by atoms with E-state index >= 15 is 0 Å². The number of hydrogen-bond donors (Lipinski definition) is 1. The smallest absolute Gasteiger partial charge is 0.225 e. The summed E-state index contributed by atoms with van der Waals surface area (Å²) in [5, 5.41) is 0. The SMILES string of the molecule is CCC1CN(C(=O)CC(CN)OC)CC(C)O1.Cl. The maximum atomic E-state index is 12.1. The van der Waals surface area contributed by atoms with Gasteiger partial charge in [-0.05, 0) is 13.3 Å². The summed E-state index contributed by atoms with van der Waals surface area (Å²) in [4.78, 5) is 13.9. The summed E-state index contributed by atoms with van der Waals surface area (Å²) in [5.41, 5.74) is 5.52. The van der Waals surface area contributed by atoms with E-state index in [1.165, 1.54) is 0 Å². The van der Waals surface area contributed by atoms with Crippen molar-refractivity contribution in [2.24, 2.45) is 5.73 Å². The summed E-state index contributed by atoms with van der Waals surface area (Å²) in [6.07, 6.45) is 1.37. The highest BCUT2D eigenvalue weighted by Gasteiger charge is 2.28. The summed E-state index contributed by atoms with van der Waals surface area (Å²) in [5.74, 6) is 0.107. The van der Waals surface area contributed by atoms with Gasteiger partial charge in [-0.2, -0.15) is 0 Å². The van der Waals surface area contributed by atoms with Gasteiger partial charge in [0, 0.05) is 26.7 Å². The Morgan fingerprint density at radius 2 is 2.22 bits per heavy atom. The number of hydrogen-bond acceptors (Lipinski definition) is 4. The molecule has 18 heavy (non-hydrogen) atoms. The van der Waals surface area contributed by atoms with Crippen LogP contribution in [0, 0.1) is 0 Å². The zero-order valence-corrected chi connectivity index (χ0v) is 12.2. The van der Waals surface area contributed by atoms with Crippen LogP contribution in [0.15, 0.2) is 0 Å². The number of amides is 1. The Bertz CT molecular complexity index is 249. The fourth-order valence-electron chi connectivity index (χ4n) is 2.06. The normalized spacial score (nSPS) is 25.4. The molecular weight excluding hydrogens is 256 g/mol. The molecule has 6 heteroatoms. The highest BCUT2D eigenvalue weighted by atomic mass is 35.5. The molecule has 1 rings (SSSR count). The van der Waals surface area contributed by atoms with Crippen molar-refractivity contribution in [2.45, 2.75) is 45.0 Å². The molecule has 5 nitrogen and oxygen atoms in total. The molecular formula is C12H25ClN2O3. The van der Waals surface area contributed by atoms with Gasteiger partial charge in [-0.25, -0.2) is 0 Å². The third kappa shape index (κ3) is 5.10. The van der Waals surface area contributed by atoms with Crippen molar-refractivity contribution >= 4 is 18.3 Å². The lowest BCUT2D eigenvalue weighted by Crippen LogP contribution is -2.50. The number of methoxy groups -OCH3 is 1. The van der Waals surface area contributed by atoms with Gasteiger partial charge in [-0.1, -0.05) is 6.92 Å². The molecule has 3 unspecified atom stereocenters. The molecule has 1 amide bonds. The van der Waals surface area contributed by atoms with E-state index in [0.717, 1.165) is 6.42 Å². The van der Waals surface area contributed by atoms with Crippen molar-refractivity contribution < 1.29 is 14.3 Å². The van der Waals surface area contributed by atoms with E-state index in [1.54, 1.807) is 7.11 Å². The molecule has 108 valence electrons. The van der Waals surface area contributed by atoms with Gasteiger partial charge in [-0.15, -0.1) is 12.4 Å². The lowest BCUT2D eigenvalue weighted by atomic mass is 10.1. The standard InChI is InChI=1S/C12H24N2O3.ClH/c1-4-10-8-14(7-9(2)17-10)12(15)5-11(6-13)16-3;/h9-11H,4-8,13H2,1-3H3;1H. The van der Waals surface area contributed by atoms with Crippen molar-refractivity contribution in [3.05, 3.63) is 0 Å². The molecule has 1 aliphatic rings. The zero-order chi connectivity index (χ0) is 12.8. The Kier molecular flexibility index (Phi) is 8.52. The van der Waals surface area contributed by atoms with Crippen molar-refractivity contribution in [3.63, 3.8) is 0 Å². The van der Waals surface area contributed by atoms with Gasteiger partial charge in [0.05, 0.1) is 24.7 Å². The maximum Gasteiger partial charge on any atom is 0.225 e. The van der Waals surface area contributed by atoms with E-state index in [9.17, 15) is 4.79 Å². The number of rotatable bonds is 5. The van der Waals surface area contributed by atoms with Crippen LogP contribution in [0.4, 0.5) is 0 Å². The quantitative estimate of drug-likeness (QED) is 0.809. The average Bonchev–Trinajstić information content (AvgIpc) is 2.34. The largest absolute Gasteiger partial charge is 0.380 e. The van der Waals surface area contributed by atoms with Gasteiger partial charge in [0.25, 0.3) is 0 Å². The highest BCUT2D eigenvalue weighted by molar-refractivity contribution is 5.85. The first kappa shape index (κ1) is 17.6. The van der Waals surface area contributed by atoms with Gasteiger partial charge < -0.3 is 20.1 Å². The van der Waals surface area contributed by atoms with Gasteiger partial charge in [-0.3, -0.25) is 4.79 Å². The molecule has 0 aromatic heterocycles. The van der Waals surface area contributed by atoms with E-state index in [1.807, 2.05) is 11.8 Å². The van der Waals surface area contributed by atoms with Crippen LogP contribution in [0.1, 0.15) is 26.7 Å². The first-order valence-corrected chi connectivity index (χ1v) is 6.26. The molecule has 1 fully saturated rings. The van der Waals surface area contributed by atoms with Crippen LogP contribution < -0.4 is 5.73 Å². The van der Waals surface area contributed by atoms with E-state index < -0.39 is 0 Å². The predicted molar refractivity (Wildman–Crippen MR) is 72.9 cm³/mol. The molecule has 1 heterocycles. The zero-order valence-electron chi connectivity index (χ0n) is 11.4. The molecule has 1 aliphatic heterocycles. The number of nitrogens with zero attached hydrogens (tertiary/aromatic N) is 1. The molecule has 3 atom stereocenters. The highest BCUT2D eigenvalue weighted by Crippen LogP contribution is 2.15. The summed E-state index contributed by atoms with van der Waals surface area (Å²) in [6.45, 7) is 5.79. The first-order chi connectivity index (χ1) is 8.10. The Balaban J connectivity index is 0.00000289. The third-order valence-corrected chi connectivity index (χ3v) is 3.13. The van der Waals surface area contributed by atoms with E-state index in [-0.39, 0.29) is 36.6 Å². The molecule has 0 radical (unpaired) electrons. The van der Waals surface area contributed by atoms with Crippen molar-refractivity contribution in [1.82, 2.24) is 4.90 Å². The fourth-order valence-corrected chi connectivity index (χ4v) is 2.06. The average molecular weight is 281 g/mol. The summed E-state index contributed by atoms with van der Waals surface area (Å²) < 4.78 is 10.9. The molecule has 0 spiro atoms. The minimum atomic E-state index is -0.180. The Morgan fingerprint density at radius 3 is 2.72 bits per heavy atom. The molecule has 0 aliphatic carbocycles. The Morgan fingerprint density at radius 1 is 1.56 bits per heavy atom. The summed E-state index contributed by atoms with van der Waals surface area (Å²) >= 11 is 0. The monoisotopic (exact) mass is 280 g/mol. The van der Waals surface area contributed by atoms with Crippen LogP contribution in [-0.2, 0) is 14.3 Å². The van der Waals surface area contributed by atoms with Gasteiger partial charge in [0.15, 0.2) is 0 Å². The van der Waals surface area contributed by atoms with Crippen LogP contribution in [-0.4, -0.2) is 55.9 Å². The molecule has 0 aromatic carbocycles. The number of carbonyl (C=O) groups excluding carboxylic acids is 1. The first-order valence-electron chi connectivity index (χ1n) is 6.26. The van der Waals surface area contributed by atoms with Crippen molar-refractivity contribution in [3.8, 4) is 0 Å². The summed E-state index contributed by atoms with van der Waals surface area (Å²) in [7, 11) is 1.58. The van der Waals surface area contributed by atoms with Crippen molar-refractivity contribution in [1.29, 1.82) is 0 Å². The van der Waals surface area contributed by atoms with Crippen LogP contribution in [0.5, 0.6) is 0 Å². The molecule has 1 saturated heterocycles. The number of ether oxygens (including phenoxy) is 2. The number of carbonyl (C=O) groups is 1. The molecule has 0 saturated carbocycles. The predicted octanol–water partition coefficient (Wildman–Crippen LogP) is 0.798. The minimum absolute atomic E-state index is 0. The molecule has 2 N–H and O–H groups in total. The second kappa shape index (κ2) is 8.69. The van der Waals surface area contributed by atoms with E-state index in [0.29, 0.717) is 26.1 Å². The van der Waals surface area contributed by atoms with Crippen LogP contribution in [0.2, 0.25) is 0 Å². The van der Waals surface area contributed by atoms with Crippen LogP contribution in [0.25, 0.3) is 0 Å². The maximum absolute atomic E-state index is 12.1. The Hall–Kier alpha value is -0.360.